The van der Waals surface area contributed by atoms with Crippen molar-refractivity contribution < 1.29 is 14.6 Å². The van der Waals surface area contributed by atoms with Crippen molar-refractivity contribution in [3.63, 3.8) is 0 Å². The second-order valence-corrected chi connectivity index (χ2v) is 4.95. The highest BCUT2D eigenvalue weighted by molar-refractivity contribution is 6.31. The molecule has 0 saturated heterocycles. The fraction of sp³-hybridized carbons (Fsp3) is 0. The molecule has 0 spiro atoms. The molecule has 1 aromatic heterocycles. The fourth-order valence-corrected chi connectivity index (χ4v) is 2.31. The number of hydrogen-bond donors (Lipinski definition) is 3. The Kier molecular flexibility index (Phi) is 2.99. The summed E-state index contributed by atoms with van der Waals surface area (Å²) in [6.07, 6.45) is 0. The van der Waals surface area contributed by atoms with Gasteiger partial charge in [0.1, 0.15) is 5.58 Å². The van der Waals surface area contributed by atoms with Gasteiger partial charge in [0.25, 0.3) is 0 Å². The van der Waals surface area contributed by atoms with Crippen LogP contribution < -0.4 is 11.2 Å². The lowest BCUT2D eigenvalue weighted by molar-refractivity contribution is 0.404. The lowest BCUT2D eigenvalue weighted by atomic mass is 10.0. The molecular formula is C15H10ClNO4. The zero-order valence-corrected chi connectivity index (χ0v) is 11.4. The Morgan fingerprint density at radius 3 is 2.52 bits per heavy atom. The summed E-state index contributed by atoms with van der Waals surface area (Å²) in [6.45, 7) is 0. The summed E-state index contributed by atoms with van der Waals surface area (Å²) in [5.41, 5.74) is 6.23. The second kappa shape index (κ2) is 4.71. The highest BCUT2D eigenvalue weighted by atomic mass is 35.5. The van der Waals surface area contributed by atoms with E-state index in [0.29, 0.717) is 21.6 Å². The average Bonchev–Trinajstić information content (AvgIpc) is 2.44. The fourth-order valence-electron chi connectivity index (χ4n) is 2.14. The first-order valence-electron chi connectivity index (χ1n) is 6.01. The zero-order chi connectivity index (χ0) is 15.1. The highest BCUT2D eigenvalue weighted by Crippen LogP contribution is 2.33. The van der Waals surface area contributed by atoms with Crippen molar-refractivity contribution in [2.75, 3.05) is 5.73 Å². The third kappa shape index (κ3) is 2.17. The van der Waals surface area contributed by atoms with Crippen molar-refractivity contribution in [3.8, 4) is 22.6 Å². The number of rotatable bonds is 1. The van der Waals surface area contributed by atoms with E-state index in [0.717, 1.165) is 0 Å². The summed E-state index contributed by atoms with van der Waals surface area (Å²) in [7, 11) is 0. The monoisotopic (exact) mass is 303 g/mol. The molecule has 0 radical (unpaired) electrons. The summed E-state index contributed by atoms with van der Waals surface area (Å²) in [5.74, 6) is -0.706. The van der Waals surface area contributed by atoms with Gasteiger partial charge in [-0.2, -0.15) is 0 Å². The molecule has 0 aliphatic heterocycles. The lowest BCUT2D eigenvalue weighted by Crippen LogP contribution is -2.08. The lowest BCUT2D eigenvalue weighted by Gasteiger charge is -2.07. The number of aromatic hydroxyl groups is 2. The van der Waals surface area contributed by atoms with Gasteiger partial charge in [0.15, 0.2) is 11.5 Å². The highest BCUT2D eigenvalue weighted by Gasteiger charge is 2.15. The second-order valence-electron chi connectivity index (χ2n) is 4.51. The Morgan fingerprint density at radius 2 is 1.81 bits per heavy atom. The molecule has 3 aromatic rings. The van der Waals surface area contributed by atoms with Crippen molar-refractivity contribution in [1.29, 1.82) is 0 Å². The first-order valence-corrected chi connectivity index (χ1v) is 6.39. The number of nitrogen functional groups attached to an aromatic ring is 1. The van der Waals surface area contributed by atoms with Gasteiger partial charge < -0.3 is 20.4 Å². The van der Waals surface area contributed by atoms with Gasteiger partial charge in [0, 0.05) is 5.02 Å². The van der Waals surface area contributed by atoms with Gasteiger partial charge in [-0.1, -0.05) is 17.7 Å². The van der Waals surface area contributed by atoms with Crippen LogP contribution in [-0.2, 0) is 0 Å². The van der Waals surface area contributed by atoms with Crippen molar-refractivity contribution in [2.45, 2.75) is 0 Å². The molecule has 0 saturated carbocycles. The number of benzene rings is 2. The normalized spacial score (nSPS) is 10.9. The van der Waals surface area contributed by atoms with E-state index in [1.807, 2.05) is 0 Å². The Labute approximate surface area is 123 Å². The molecule has 0 bridgehead atoms. The summed E-state index contributed by atoms with van der Waals surface area (Å²) >= 11 is 5.89. The number of anilines is 1. The van der Waals surface area contributed by atoms with E-state index >= 15 is 0 Å². The van der Waals surface area contributed by atoms with E-state index < -0.39 is 0 Å². The Morgan fingerprint density at radius 1 is 1.05 bits per heavy atom. The molecule has 0 amide bonds. The van der Waals surface area contributed by atoms with Crippen LogP contribution in [0.5, 0.6) is 11.5 Å². The number of halogens is 1. The van der Waals surface area contributed by atoms with Crippen molar-refractivity contribution in [3.05, 3.63) is 51.6 Å². The van der Waals surface area contributed by atoms with E-state index in [-0.39, 0.29) is 28.4 Å². The topological polar surface area (TPSA) is 96.7 Å². The molecule has 4 N–H and O–H groups in total. The maximum absolute atomic E-state index is 12.6. The minimum absolute atomic E-state index is 0.0695. The maximum Gasteiger partial charge on any atom is 0.202 e. The molecule has 0 aliphatic rings. The van der Waals surface area contributed by atoms with E-state index in [4.69, 9.17) is 21.8 Å². The van der Waals surface area contributed by atoms with E-state index in [9.17, 15) is 15.0 Å². The number of nitrogens with two attached hydrogens (primary N) is 1. The maximum atomic E-state index is 12.6. The largest absolute Gasteiger partial charge is 0.504 e. The SMILES string of the molecule is Nc1oc2ccc(Cl)cc2c(=O)c1-c1ccc(O)c(O)c1. The van der Waals surface area contributed by atoms with E-state index in [2.05, 4.69) is 0 Å². The van der Waals surface area contributed by atoms with Gasteiger partial charge in [-0.15, -0.1) is 0 Å². The van der Waals surface area contributed by atoms with Gasteiger partial charge in [-0.25, -0.2) is 0 Å². The summed E-state index contributed by atoms with van der Waals surface area (Å²) in [6, 6.07) is 8.63. The molecule has 1 heterocycles. The van der Waals surface area contributed by atoms with Crippen LogP contribution in [0.4, 0.5) is 5.88 Å². The molecule has 5 nitrogen and oxygen atoms in total. The molecule has 0 atom stereocenters. The first kappa shape index (κ1) is 13.3. The third-order valence-electron chi connectivity index (χ3n) is 3.14. The van der Waals surface area contributed by atoms with Gasteiger partial charge in [-0.3, -0.25) is 4.79 Å². The summed E-state index contributed by atoms with van der Waals surface area (Å²) in [4.78, 5) is 12.6. The van der Waals surface area contributed by atoms with Crippen LogP contribution in [0.1, 0.15) is 0 Å². The average molecular weight is 304 g/mol. The van der Waals surface area contributed by atoms with Gasteiger partial charge in [-0.05, 0) is 35.9 Å². The first-order chi connectivity index (χ1) is 9.97. The molecule has 0 unspecified atom stereocenters. The Hall–Kier alpha value is -2.66. The minimum atomic E-state index is -0.360. The van der Waals surface area contributed by atoms with Crippen molar-refractivity contribution in [2.24, 2.45) is 0 Å². The van der Waals surface area contributed by atoms with Crippen LogP contribution in [0, 0.1) is 0 Å². The predicted octanol–water partition coefficient (Wildman–Crippen LogP) is 3.11. The molecule has 0 aliphatic carbocycles. The van der Waals surface area contributed by atoms with Gasteiger partial charge in [0.05, 0.1) is 10.9 Å². The molecule has 106 valence electrons. The molecule has 21 heavy (non-hydrogen) atoms. The molecule has 6 heteroatoms. The van der Waals surface area contributed by atoms with Crippen LogP contribution in [0.2, 0.25) is 5.02 Å². The Balaban J connectivity index is 2.36. The van der Waals surface area contributed by atoms with Crippen LogP contribution in [0.25, 0.3) is 22.1 Å². The predicted molar refractivity (Wildman–Crippen MR) is 80.7 cm³/mol. The third-order valence-corrected chi connectivity index (χ3v) is 3.38. The molecule has 3 rings (SSSR count). The van der Waals surface area contributed by atoms with Gasteiger partial charge >= 0.3 is 0 Å². The molecule has 2 aromatic carbocycles. The van der Waals surface area contributed by atoms with Crippen LogP contribution in [-0.4, -0.2) is 10.2 Å². The number of phenolic OH excluding ortho intramolecular Hbond substituents is 2. The number of fused-ring (bicyclic) bond motifs is 1. The van der Waals surface area contributed by atoms with Crippen LogP contribution >= 0.6 is 11.6 Å². The molecular weight excluding hydrogens is 294 g/mol. The summed E-state index contributed by atoms with van der Waals surface area (Å²) < 4.78 is 5.43. The number of hydrogen-bond acceptors (Lipinski definition) is 5. The standard InChI is InChI=1S/C15H10ClNO4/c16-8-2-4-12-9(6-8)14(20)13(15(17)21-12)7-1-3-10(18)11(19)5-7/h1-6,18-19H,17H2. The Bertz CT molecular complexity index is 917. The van der Waals surface area contributed by atoms with E-state index in [1.54, 1.807) is 12.1 Å². The van der Waals surface area contributed by atoms with Crippen LogP contribution in [0.15, 0.2) is 45.6 Å². The smallest absolute Gasteiger partial charge is 0.202 e. The summed E-state index contributed by atoms with van der Waals surface area (Å²) in [5, 5.41) is 19.6. The van der Waals surface area contributed by atoms with Crippen molar-refractivity contribution in [1.82, 2.24) is 0 Å². The number of phenols is 2. The molecule has 0 fully saturated rings. The van der Waals surface area contributed by atoms with Gasteiger partial charge in [0.2, 0.25) is 11.3 Å². The minimum Gasteiger partial charge on any atom is -0.504 e. The van der Waals surface area contributed by atoms with Crippen LogP contribution in [0.3, 0.4) is 0 Å². The van der Waals surface area contributed by atoms with Crippen molar-refractivity contribution >= 4 is 28.5 Å². The van der Waals surface area contributed by atoms with E-state index in [1.165, 1.54) is 24.3 Å². The quantitative estimate of drug-likeness (QED) is 0.600. The zero-order valence-electron chi connectivity index (χ0n) is 10.6.